The fourth-order valence-electron chi connectivity index (χ4n) is 2.83. The quantitative estimate of drug-likeness (QED) is 0.920. The maximum atomic E-state index is 12.7. The van der Waals surface area contributed by atoms with Gasteiger partial charge in [-0.3, -0.25) is 4.79 Å². The Hall–Kier alpha value is -1.07. The molecule has 2 rings (SSSR count). The molecule has 0 saturated carbocycles. The smallest absolute Gasteiger partial charge is 0.254 e. The van der Waals surface area contributed by atoms with E-state index < -0.39 is 0 Å². The zero-order valence-electron chi connectivity index (χ0n) is 11.9. The molecular weight excluding hydrogens is 320 g/mol. The molecule has 110 valence electrons. The first-order chi connectivity index (χ1) is 9.58. The van der Waals surface area contributed by atoms with Gasteiger partial charge in [-0.25, -0.2) is 0 Å². The highest BCUT2D eigenvalue weighted by Gasteiger charge is 2.31. The Kier molecular flexibility index (Phi) is 5.05. The fraction of sp³-hybridized carbons (Fsp3) is 0.533. The second-order valence-electron chi connectivity index (χ2n) is 5.27. The van der Waals surface area contributed by atoms with Crippen molar-refractivity contribution >= 4 is 21.8 Å². The molecule has 4 nitrogen and oxygen atoms in total. The number of methoxy groups -OCH3 is 1. The highest BCUT2D eigenvalue weighted by atomic mass is 79.9. The highest BCUT2D eigenvalue weighted by Crippen LogP contribution is 2.28. The summed E-state index contributed by atoms with van der Waals surface area (Å²) in [6.07, 6.45) is 2.18. The summed E-state index contributed by atoms with van der Waals surface area (Å²) < 4.78 is 5.98. The lowest BCUT2D eigenvalue weighted by Gasteiger charge is -2.39. The molecule has 2 atom stereocenters. The van der Waals surface area contributed by atoms with Crippen LogP contribution >= 0.6 is 15.9 Å². The number of benzene rings is 1. The van der Waals surface area contributed by atoms with Crippen LogP contribution in [0, 0.1) is 5.92 Å². The van der Waals surface area contributed by atoms with Gasteiger partial charge in [0.1, 0.15) is 5.75 Å². The normalized spacial score (nSPS) is 22.7. The Bertz CT molecular complexity index is 493. The Balaban J connectivity index is 2.23. The monoisotopic (exact) mass is 340 g/mol. The summed E-state index contributed by atoms with van der Waals surface area (Å²) in [5, 5.41) is 0. The van der Waals surface area contributed by atoms with Crippen molar-refractivity contribution in [3.63, 3.8) is 0 Å². The average Bonchev–Trinajstić information content (AvgIpc) is 2.46. The van der Waals surface area contributed by atoms with E-state index in [9.17, 15) is 4.79 Å². The van der Waals surface area contributed by atoms with Crippen molar-refractivity contribution in [3.05, 3.63) is 28.2 Å². The van der Waals surface area contributed by atoms with Gasteiger partial charge in [0.15, 0.2) is 0 Å². The Morgan fingerprint density at radius 3 is 2.90 bits per heavy atom. The van der Waals surface area contributed by atoms with E-state index in [4.69, 9.17) is 10.5 Å². The first kappa shape index (κ1) is 15.3. The van der Waals surface area contributed by atoms with Crippen molar-refractivity contribution in [2.45, 2.75) is 25.8 Å². The lowest BCUT2D eigenvalue weighted by Crippen LogP contribution is -2.51. The molecular formula is C15H21BrN2O2. The van der Waals surface area contributed by atoms with Gasteiger partial charge in [0.25, 0.3) is 5.91 Å². The topological polar surface area (TPSA) is 55.6 Å². The summed E-state index contributed by atoms with van der Waals surface area (Å²) in [4.78, 5) is 14.6. The fourth-order valence-corrected chi connectivity index (χ4v) is 3.37. The van der Waals surface area contributed by atoms with Crippen LogP contribution in [0.5, 0.6) is 5.75 Å². The number of rotatable bonds is 3. The van der Waals surface area contributed by atoms with Crippen LogP contribution in [0.15, 0.2) is 22.7 Å². The van der Waals surface area contributed by atoms with E-state index in [0.29, 0.717) is 18.0 Å². The molecule has 1 fully saturated rings. The number of halogens is 1. The Morgan fingerprint density at radius 2 is 2.30 bits per heavy atom. The van der Waals surface area contributed by atoms with Crippen molar-refractivity contribution in [2.75, 3.05) is 20.2 Å². The van der Waals surface area contributed by atoms with Crippen LogP contribution in [0.3, 0.4) is 0 Å². The largest absolute Gasteiger partial charge is 0.496 e. The van der Waals surface area contributed by atoms with Crippen LogP contribution < -0.4 is 10.5 Å². The van der Waals surface area contributed by atoms with E-state index in [1.54, 1.807) is 13.2 Å². The molecule has 2 unspecified atom stereocenters. The average molecular weight is 341 g/mol. The molecule has 0 spiro atoms. The van der Waals surface area contributed by atoms with Gasteiger partial charge in [-0.2, -0.15) is 0 Å². The van der Waals surface area contributed by atoms with Crippen molar-refractivity contribution in [2.24, 2.45) is 11.7 Å². The third kappa shape index (κ3) is 2.99. The number of piperidine rings is 1. The molecule has 1 heterocycles. The van der Waals surface area contributed by atoms with Crippen molar-refractivity contribution in [1.29, 1.82) is 0 Å². The van der Waals surface area contributed by atoms with Crippen LogP contribution in [0.1, 0.15) is 30.1 Å². The number of ether oxygens (including phenoxy) is 1. The molecule has 0 aromatic heterocycles. The number of amides is 1. The molecule has 0 bridgehead atoms. The molecule has 1 saturated heterocycles. The van der Waals surface area contributed by atoms with Gasteiger partial charge in [-0.15, -0.1) is 0 Å². The number of carbonyl (C=O) groups is 1. The van der Waals surface area contributed by atoms with Crippen molar-refractivity contribution in [1.82, 2.24) is 4.90 Å². The SMILES string of the molecule is COc1ccc(C(=O)N2CCCC(C)C2CN)cc1Br. The summed E-state index contributed by atoms with van der Waals surface area (Å²) in [6.45, 7) is 3.47. The number of hydrogen-bond acceptors (Lipinski definition) is 3. The predicted octanol–water partition coefficient (Wildman–Crippen LogP) is 2.66. The third-order valence-electron chi connectivity index (χ3n) is 4.02. The van der Waals surface area contributed by atoms with Gasteiger partial charge in [0, 0.05) is 24.7 Å². The van der Waals surface area contributed by atoms with Crippen LogP contribution in [0.4, 0.5) is 0 Å². The minimum atomic E-state index is 0.0513. The maximum Gasteiger partial charge on any atom is 0.254 e. The number of hydrogen-bond donors (Lipinski definition) is 1. The van der Waals surface area contributed by atoms with E-state index in [-0.39, 0.29) is 11.9 Å². The minimum absolute atomic E-state index is 0.0513. The highest BCUT2D eigenvalue weighted by molar-refractivity contribution is 9.10. The first-order valence-corrected chi connectivity index (χ1v) is 7.72. The number of nitrogens with two attached hydrogens (primary N) is 1. The molecule has 1 aromatic carbocycles. The molecule has 2 N–H and O–H groups in total. The molecule has 1 aliphatic rings. The molecule has 1 aliphatic heterocycles. The van der Waals surface area contributed by atoms with Crippen molar-refractivity contribution in [3.8, 4) is 5.75 Å². The predicted molar refractivity (Wildman–Crippen MR) is 83.0 cm³/mol. The molecule has 0 aliphatic carbocycles. The Morgan fingerprint density at radius 1 is 1.55 bits per heavy atom. The summed E-state index contributed by atoms with van der Waals surface area (Å²) in [5.74, 6) is 1.23. The molecule has 1 amide bonds. The van der Waals surface area contributed by atoms with Gasteiger partial charge in [-0.1, -0.05) is 6.92 Å². The van der Waals surface area contributed by atoms with E-state index >= 15 is 0 Å². The van der Waals surface area contributed by atoms with E-state index in [1.165, 1.54) is 0 Å². The van der Waals surface area contributed by atoms with Gasteiger partial charge >= 0.3 is 0 Å². The summed E-state index contributed by atoms with van der Waals surface area (Å²) in [6, 6.07) is 5.56. The van der Waals surface area contributed by atoms with E-state index in [2.05, 4.69) is 22.9 Å². The minimum Gasteiger partial charge on any atom is -0.496 e. The zero-order valence-corrected chi connectivity index (χ0v) is 13.5. The molecule has 20 heavy (non-hydrogen) atoms. The summed E-state index contributed by atoms with van der Waals surface area (Å²) in [7, 11) is 1.61. The van der Waals surface area contributed by atoms with E-state index in [1.807, 2.05) is 17.0 Å². The maximum absolute atomic E-state index is 12.7. The van der Waals surface area contributed by atoms with Crippen LogP contribution in [-0.2, 0) is 0 Å². The second-order valence-corrected chi connectivity index (χ2v) is 6.12. The second kappa shape index (κ2) is 6.59. The standard InChI is InChI=1S/C15H21BrN2O2/c1-10-4-3-7-18(13(10)9-17)15(19)11-5-6-14(20-2)12(16)8-11/h5-6,8,10,13H,3-4,7,9,17H2,1-2H3. The van der Waals surface area contributed by atoms with E-state index in [0.717, 1.165) is 29.6 Å². The van der Waals surface area contributed by atoms with Gasteiger partial charge in [0.2, 0.25) is 0 Å². The van der Waals surface area contributed by atoms with Crippen LogP contribution in [-0.4, -0.2) is 37.0 Å². The first-order valence-electron chi connectivity index (χ1n) is 6.93. The summed E-state index contributed by atoms with van der Waals surface area (Å²) in [5.41, 5.74) is 6.52. The molecule has 5 heteroatoms. The lowest BCUT2D eigenvalue weighted by atomic mass is 9.90. The Labute approximate surface area is 128 Å². The van der Waals surface area contributed by atoms with Gasteiger partial charge in [-0.05, 0) is 52.9 Å². The van der Waals surface area contributed by atoms with Gasteiger partial charge < -0.3 is 15.4 Å². The molecule has 0 radical (unpaired) electrons. The van der Waals surface area contributed by atoms with Crippen molar-refractivity contribution < 1.29 is 9.53 Å². The zero-order chi connectivity index (χ0) is 14.7. The number of likely N-dealkylation sites (tertiary alicyclic amines) is 1. The molecule has 1 aromatic rings. The van der Waals surface area contributed by atoms with Gasteiger partial charge in [0.05, 0.1) is 11.6 Å². The number of carbonyl (C=O) groups excluding carboxylic acids is 1. The third-order valence-corrected chi connectivity index (χ3v) is 4.64. The lowest BCUT2D eigenvalue weighted by molar-refractivity contribution is 0.0532. The van der Waals surface area contributed by atoms with Crippen LogP contribution in [0.2, 0.25) is 0 Å². The van der Waals surface area contributed by atoms with Crippen LogP contribution in [0.25, 0.3) is 0 Å². The number of nitrogens with zero attached hydrogens (tertiary/aromatic N) is 1. The summed E-state index contributed by atoms with van der Waals surface area (Å²) >= 11 is 3.42.